The van der Waals surface area contributed by atoms with E-state index >= 15 is 0 Å². The predicted molar refractivity (Wildman–Crippen MR) is 61.8 cm³/mol. The van der Waals surface area contributed by atoms with Crippen molar-refractivity contribution in [3.05, 3.63) is 60.2 Å². The first-order chi connectivity index (χ1) is 7.97. The average Bonchev–Trinajstić information content (AvgIpc) is 2.42. The van der Waals surface area contributed by atoms with Crippen LogP contribution in [0.25, 0.3) is 0 Å². The van der Waals surface area contributed by atoms with Crippen LogP contribution >= 0.6 is 0 Å². The summed E-state index contributed by atoms with van der Waals surface area (Å²) in [5.41, 5.74) is 2.45. The van der Waals surface area contributed by atoms with Crippen molar-refractivity contribution in [3.63, 3.8) is 0 Å². The number of ether oxygens (including phenoxy) is 1. The van der Waals surface area contributed by atoms with Crippen LogP contribution in [0.15, 0.2) is 48.9 Å². The molecule has 0 atom stereocenters. The van der Waals surface area contributed by atoms with Gasteiger partial charge in [-0.15, -0.1) is 0 Å². The molecule has 0 unspecified atom stereocenters. The van der Waals surface area contributed by atoms with Gasteiger partial charge in [-0.2, -0.15) is 0 Å². The van der Waals surface area contributed by atoms with Crippen LogP contribution in [-0.2, 0) is 17.8 Å². The van der Waals surface area contributed by atoms with Crippen molar-refractivity contribution in [3.8, 4) is 0 Å². The van der Waals surface area contributed by atoms with Crippen LogP contribution in [0.3, 0.4) is 0 Å². The largest absolute Gasteiger partial charge is 0.376 e. The molecule has 82 valence electrons. The first-order valence-electron chi connectivity index (χ1n) is 5.32. The van der Waals surface area contributed by atoms with E-state index in [4.69, 9.17) is 4.74 Å². The van der Waals surface area contributed by atoms with E-state index in [0.717, 1.165) is 19.6 Å². The average molecular weight is 214 g/mol. The molecule has 1 aliphatic rings. The van der Waals surface area contributed by atoms with Gasteiger partial charge in [0.1, 0.15) is 0 Å². The van der Waals surface area contributed by atoms with Gasteiger partial charge >= 0.3 is 0 Å². The van der Waals surface area contributed by atoms with Crippen molar-refractivity contribution in [2.24, 2.45) is 0 Å². The quantitative estimate of drug-likeness (QED) is 0.674. The normalized spacial score (nSPS) is 13.2. The fourth-order valence-corrected chi connectivity index (χ4v) is 1.49. The highest BCUT2D eigenvalue weighted by molar-refractivity contribution is 5.20. The van der Waals surface area contributed by atoms with Gasteiger partial charge in [-0.05, 0) is 23.8 Å². The predicted octanol–water partition coefficient (Wildman–Crippen LogP) is 2.24. The summed E-state index contributed by atoms with van der Waals surface area (Å²) < 4.78 is 5.26. The lowest BCUT2D eigenvalue weighted by atomic mass is 10.1. The van der Waals surface area contributed by atoms with Gasteiger partial charge in [-0.1, -0.05) is 12.1 Å². The zero-order valence-electron chi connectivity index (χ0n) is 9.04. The molecule has 1 aliphatic heterocycles. The van der Waals surface area contributed by atoms with E-state index < -0.39 is 0 Å². The summed E-state index contributed by atoms with van der Waals surface area (Å²) in [7, 11) is 0. The van der Waals surface area contributed by atoms with Crippen LogP contribution in [0, 0.1) is 0 Å². The van der Waals surface area contributed by atoms with Crippen LogP contribution in [0.5, 0.6) is 0 Å². The summed E-state index contributed by atoms with van der Waals surface area (Å²) in [5.74, 6) is 0. The summed E-state index contributed by atoms with van der Waals surface area (Å²) in [4.78, 5) is 8.02. The van der Waals surface area contributed by atoms with Crippen molar-refractivity contribution in [1.82, 2.24) is 9.97 Å². The maximum Gasteiger partial charge on any atom is 0.0734 e. The van der Waals surface area contributed by atoms with Gasteiger partial charge in [0, 0.05) is 30.7 Å². The molecule has 0 radical (unpaired) electrons. The van der Waals surface area contributed by atoms with Crippen LogP contribution in [0.4, 0.5) is 0 Å². The van der Waals surface area contributed by atoms with E-state index in [1.807, 2.05) is 30.5 Å². The molecule has 3 heteroatoms. The lowest BCUT2D eigenvalue weighted by Gasteiger charge is -2.13. The van der Waals surface area contributed by atoms with E-state index in [-0.39, 0.29) is 0 Å². The van der Waals surface area contributed by atoms with Gasteiger partial charge in [0.25, 0.3) is 0 Å². The highest BCUT2D eigenvalue weighted by Gasteiger charge is 2.07. The van der Waals surface area contributed by atoms with Crippen molar-refractivity contribution < 1.29 is 4.74 Å². The molecule has 0 aromatic carbocycles. The monoisotopic (exact) mass is 214 g/mol. The summed E-state index contributed by atoms with van der Waals surface area (Å²) in [5, 5.41) is 0. The minimum absolute atomic E-state index is 0.739. The second-order valence-corrected chi connectivity index (χ2v) is 3.44. The van der Waals surface area contributed by atoms with Gasteiger partial charge in [0.05, 0.1) is 13.2 Å². The Balaban J connectivity index is 0.000000138. The maximum atomic E-state index is 5.26. The third-order valence-corrected chi connectivity index (χ3v) is 2.29. The molecule has 0 fully saturated rings. The Morgan fingerprint density at radius 2 is 1.88 bits per heavy atom. The third-order valence-electron chi connectivity index (χ3n) is 2.29. The minimum Gasteiger partial charge on any atom is -0.376 e. The lowest BCUT2D eigenvalue weighted by molar-refractivity contribution is 0.109. The Morgan fingerprint density at radius 1 is 1.00 bits per heavy atom. The number of pyridine rings is 2. The van der Waals surface area contributed by atoms with Gasteiger partial charge in [-0.25, -0.2) is 0 Å². The third kappa shape index (κ3) is 3.14. The fraction of sp³-hybridized carbons (Fsp3) is 0.231. The lowest BCUT2D eigenvalue weighted by Crippen LogP contribution is -2.10. The van der Waals surface area contributed by atoms with E-state index in [0.29, 0.717) is 0 Å². The van der Waals surface area contributed by atoms with Gasteiger partial charge < -0.3 is 4.74 Å². The number of nitrogens with zero attached hydrogens (tertiary/aromatic N) is 2. The molecule has 0 bridgehead atoms. The van der Waals surface area contributed by atoms with Crippen molar-refractivity contribution >= 4 is 0 Å². The molecule has 0 saturated heterocycles. The molecular weight excluding hydrogens is 200 g/mol. The van der Waals surface area contributed by atoms with Gasteiger partial charge in [0.15, 0.2) is 0 Å². The van der Waals surface area contributed by atoms with E-state index in [2.05, 4.69) is 16.0 Å². The summed E-state index contributed by atoms with van der Waals surface area (Å²) in [6.45, 7) is 1.56. The maximum absolute atomic E-state index is 5.26. The number of hydrogen-bond acceptors (Lipinski definition) is 3. The molecule has 0 saturated carbocycles. The van der Waals surface area contributed by atoms with Crippen LogP contribution in [-0.4, -0.2) is 16.6 Å². The van der Waals surface area contributed by atoms with Crippen LogP contribution in [0.1, 0.15) is 11.3 Å². The topological polar surface area (TPSA) is 35.0 Å². The van der Waals surface area contributed by atoms with E-state index in [1.54, 1.807) is 12.4 Å². The Morgan fingerprint density at radius 3 is 2.50 bits per heavy atom. The van der Waals surface area contributed by atoms with E-state index in [1.165, 1.54) is 11.3 Å². The molecule has 2 aromatic heterocycles. The molecular formula is C13H14N2O. The molecule has 0 N–H and O–H groups in total. The molecule has 0 spiro atoms. The highest BCUT2D eigenvalue weighted by atomic mass is 16.5. The zero-order chi connectivity index (χ0) is 11.1. The number of aromatic nitrogens is 2. The first-order valence-corrected chi connectivity index (χ1v) is 5.32. The Labute approximate surface area is 95.1 Å². The first kappa shape index (κ1) is 10.8. The zero-order valence-corrected chi connectivity index (χ0v) is 9.04. The number of rotatable bonds is 0. The molecule has 0 aliphatic carbocycles. The molecule has 2 aromatic rings. The minimum atomic E-state index is 0.739. The highest BCUT2D eigenvalue weighted by Crippen LogP contribution is 2.12. The van der Waals surface area contributed by atoms with Gasteiger partial charge in [-0.3, -0.25) is 9.97 Å². The van der Waals surface area contributed by atoms with Crippen molar-refractivity contribution in [2.45, 2.75) is 13.0 Å². The SMILES string of the molecule is c1ccncc1.c1cnc2c(c1)COCC2. The number of hydrogen-bond donors (Lipinski definition) is 0. The Hall–Kier alpha value is -1.74. The Bertz CT molecular complexity index is 366. The molecule has 0 amide bonds. The second-order valence-electron chi connectivity index (χ2n) is 3.44. The standard InChI is InChI=1S/C8H9NO.C5H5N/c1-2-7-6-10-5-3-8(7)9-4-1;1-2-4-6-5-3-1/h1-2,4H,3,5-6H2;1-5H. The Kier molecular flexibility index (Phi) is 4.02. The molecule has 16 heavy (non-hydrogen) atoms. The second kappa shape index (κ2) is 5.98. The van der Waals surface area contributed by atoms with Crippen LogP contribution in [0.2, 0.25) is 0 Å². The summed E-state index contributed by atoms with van der Waals surface area (Å²) in [6, 6.07) is 9.74. The molecule has 3 nitrogen and oxygen atoms in total. The van der Waals surface area contributed by atoms with Crippen LogP contribution < -0.4 is 0 Å². The summed E-state index contributed by atoms with van der Waals surface area (Å²) >= 11 is 0. The van der Waals surface area contributed by atoms with Crippen molar-refractivity contribution in [1.29, 1.82) is 0 Å². The van der Waals surface area contributed by atoms with E-state index in [9.17, 15) is 0 Å². The molecule has 3 rings (SSSR count). The fourth-order valence-electron chi connectivity index (χ4n) is 1.49. The summed E-state index contributed by atoms with van der Waals surface area (Å²) in [6.07, 6.45) is 6.31. The van der Waals surface area contributed by atoms with Crippen molar-refractivity contribution in [2.75, 3.05) is 6.61 Å². The number of fused-ring (bicyclic) bond motifs is 1. The molecule has 3 heterocycles. The van der Waals surface area contributed by atoms with Gasteiger partial charge in [0.2, 0.25) is 0 Å². The smallest absolute Gasteiger partial charge is 0.0734 e.